The average molecular weight is 312 g/mol. The van der Waals surface area contributed by atoms with E-state index in [1.807, 2.05) is 0 Å². The zero-order valence-corrected chi connectivity index (χ0v) is 12.1. The summed E-state index contributed by atoms with van der Waals surface area (Å²) in [6.07, 6.45) is 0. The summed E-state index contributed by atoms with van der Waals surface area (Å²) in [6.45, 7) is 1.56. The van der Waals surface area contributed by atoms with Gasteiger partial charge in [-0.3, -0.25) is 4.79 Å². The van der Waals surface area contributed by atoms with Crippen LogP contribution in [-0.2, 0) is 10.0 Å². The van der Waals surface area contributed by atoms with Gasteiger partial charge in [-0.2, -0.15) is 0 Å². The van der Waals surface area contributed by atoms with E-state index in [2.05, 4.69) is 10.3 Å². The number of thiazole rings is 1. The van der Waals surface area contributed by atoms with Crippen LogP contribution in [0.15, 0.2) is 28.5 Å². The van der Waals surface area contributed by atoms with Gasteiger partial charge in [0.25, 0.3) is 5.91 Å². The number of nitrogens with one attached hydrogen (secondary N) is 1. The molecule has 1 heterocycles. The minimum absolute atomic E-state index is 0.0342. The highest BCUT2D eigenvalue weighted by molar-refractivity contribution is 7.89. The lowest BCUT2D eigenvalue weighted by Crippen LogP contribution is -2.17. The summed E-state index contributed by atoms with van der Waals surface area (Å²) in [5, 5.41) is 9.49. The Balaban J connectivity index is 2.33. The molecular weight excluding hydrogens is 300 g/mol. The number of hydrogen-bond acceptors (Lipinski definition) is 6. The quantitative estimate of drug-likeness (QED) is 0.776. The molecule has 7 nitrogen and oxygen atoms in total. The minimum Gasteiger partial charge on any atom is -0.375 e. The van der Waals surface area contributed by atoms with Crippen molar-refractivity contribution in [2.24, 2.45) is 5.14 Å². The van der Waals surface area contributed by atoms with Crippen molar-refractivity contribution >= 4 is 38.1 Å². The number of nitrogens with zero attached hydrogens (tertiary/aromatic N) is 1. The number of nitrogen functional groups attached to an aromatic ring is 1. The lowest BCUT2D eigenvalue weighted by atomic mass is 10.2. The number of primary sulfonamides is 1. The zero-order valence-electron chi connectivity index (χ0n) is 10.5. The fourth-order valence-electron chi connectivity index (χ4n) is 1.64. The Bertz CT molecular complexity index is 768. The van der Waals surface area contributed by atoms with Gasteiger partial charge in [-0.05, 0) is 24.6 Å². The van der Waals surface area contributed by atoms with E-state index in [0.717, 1.165) is 11.3 Å². The predicted molar refractivity (Wildman–Crippen MR) is 77.0 cm³/mol. The number of sulfonamides is 1. The third-order valence-corrected chi connectivity index (χ3v) is 4.32. The number of rotatable bonds is 3. The SMILES string of the molecule is Cc1c(NC(=O)c2csc(N)n2)cccc1S(N)(=O)=O. The molecular formula is C11H12N4O3S2. The van der Waals surface area contributed by atoms with Crippen molar-refractivity contribution in [1.29, 1.82) is 0 Å². The van der Waals surface area contributed by atoms with Crippen molar-refractivity contribution in [2.45, 2.75) is 11.8 Å². The molecule has 0 spiro atoms. The molecule has 0 saturated heterocycles. The number of nitrogens with two attached hydrogens (primary N) is 2. The highest BCUT2D eigenvalue weighted by Gasteiger charge is 2.16. The van der Waals surface area contributed by atoms with Crippen LogP contribution in [0.3, 0.4) is 0 Å². The fourth-order valence-corrected chi connectivity index (χ4v) is 2.98. The van der Waals surface area contributed by atoms with Gasteiger partial charge in [0, 0.05) is 11.1 Å². The van der Waals surface area contributed by atoms with Gasteiger partial charge >= 0.3 is 0 Å². The number of anilines is 2. The molecule has 1 aromatic heterocycles. The predicted octanol–water partition coefficient (Wildman–Crippen LogP) is 0.933. The Kier molecular flexibility index (Phi) is 3.75. The van der Waals surface area contributed by atoms with Crippen LogP contribution in [0.1, 0.15) is 16.1 Å². The first kappa shape index (κ1) is 14.4. The number of aromatic nitrogens is 1. The molecule has 1 aromatic carbocycles. The zero-order chi connectivity index (χ0) is 14.9. The molecule has 0 aliphatic heterocycles. The number of carbonyl (C=O) groups excluding carboxylic acids is 1. The van der Waals surface area contributed by atoms with Gasteiger partial charge in [0.15, 0.2) is 5.13 Å². The van der Waals surface area contributed by atoms with Crippen molar-refractivity contribution in [3.05, 3.63) is 34.8 Å². The van der Waals surface area contributed by atoms with Crippen LogP contribution in [-0.4, -0.2) is 19.3 Å². The number of benzene rings is 1. The van der Waals surface area contributed by atoms with Crippen LogP contribution in [0.2, 0.25) is 0 Å². The van der Waals surface area contributed by atoms with Gasteiger partial charge in [-0.15, -0.1) is 11.3 Å². The molecule has 1 amide bonds. The molecule has 0 unspecified atom stereocenters. The molecule has 0 saturated carbocycles. The van der Waals surface area contributed by atoms with Gasteiger partial charge in [0.05, 0.1) is 4.90 Å². The van der Waals surface area contributed by atoms with Crippen LogP contribution >= 0.6 is 11.3 Å². The molecule has 0 atom stereocenters. The van der Waals surface area contributed by atoms with E-state index >= 15 is 0 Å². The largest absolute Gasteiger partial charge is 0.375 e. The Morgan fingerprint density at radius 1 is 1.40 bits per heavy atom. The smallest absolute Gasteiger partial charge is 0.275 e. The van der Waals surface area contributed by atoms with Crippen molar-refractivity contribution in [3.63, 3.8) is 0 Å². The van der Waals surface area contributed by atoms with Crippen molar-refractivity contribution in [3.8, 4) is 0 Å². The van der Waals surface area contributed by atoms with E-state index in [1.165, 1.54) is 17.5 Å². The molecule has 9 heteroatoms. The average Bonchev–Trinajstić information content (AvgIpc) is 2.77. The lowest BCUT2D eigenvalue weighted by molar-refractivity contribution is 0.102. The summed E-state index contributed by atoms with van der Waals surface area (Å²) in [7, 11) is -3.84. The van der Waals surface area contributed by atoms with Crippen molar-refractivity contribution in [1.82, 2.24) is 4.98 Å². The highest BCUT2D eigenvalue weighted by Crippen LogP contribution is 2.23. The minimum atomic E-state index is -3.84. The Morgan fingerprint density at radius 3 is 2.65 bits per heavy atom. The summed E-state index contributed by atoms with van der Waals surface area (Å²) in [5.41, 5.74) is 6.35. The van der Waals surface area contributed by atoms with Crippen LogP contribution in [0.25, 0.3) is 0 Å². The van der Waals surface area contributed by atoms with Gasteiger partial charge in [0.2, 0.25) is 10.0 Å². The van der Waals surface area contributed by atoms with E-state index in [1.54, 1.807) is 13.0 Å². The number of hydrogen-bond donors (Lipinski definition) is 3. The van der Waals surface area contributed by atoms with Crippen molar-refractivity contribution in [2.75, 3.05) is 11.1 Å². The summed E-state index contributed by atoms with van der Waals surface area (Å²) in [5.74, 6) is -0.465. The summed E-state index contributed by atoms with van der Waals surface area (Å²) < 4.78 is 22.8. The Morgan fingerprint density at radius 2 is 2.10 bits per heavy atom. The molecule has 0 radical (unpaired) electrons. The molecule has 2 aromatic rings. The topological polar surface area (TPSA) is 128 Å². The van der Waals surface area contributed by atoms with E-state index in [4.69, 9.17) is 10.9 Å². The monoisotopic (exact) mass is 312 g/mol. The number of amides is 1. The molecule has 5 N–H and O–H groups in total. The Hall–Kier alpha value is -1.97. The van der Waals surface area contributed by atoms with Crippen LogP contribution in [0, 0.1) is 6.92 Å². The maximum absolute atomic E-state index is 11.9. The first-order chi connectivity index (χ1) is 9.29. The normalized spacial score (nSPS) is 11.3. The summed E-state index contributed by atoms with van der Waals surface area (Å²) >= 11 is 1.14. The highest BCUT2D eigenvalue weighted by atomic mass is 32.2. The third-order valence-electron chi connectivity index (χ3n) is 2.59. The summed E-state index contributed by atoms with van der Waals surface area (Å²) in [4.78, 5) is 15.8. The second-order valence-electron chi connectivity index (χ2n) is 4.00. The van der Waals surface area contributed by atoms with Crippen LogP contribution in [0.5, 0.6) is 0 Å². The maximum Gasteiger partial charge on any atom is 0.275 e. The van der Waals surface area contributed by atoms with Crippen LogP contribution < -0.4 is 16.2 Å². The third kappa shape index (κ3) is 2.95. The molecule has 2 rings (SSSR count). The lowest BCUT2D eigenvalue weighted by Gasteiger charge is -2.10. The standard InChI is InChI=1S/C11H12N4O3S2/c1-6-7(3-2-4-9(6)20(13,17)18)14-10(16)8-5-19-11(12)15-8/h2-5H,1H3,(H2,12,15)(H,14,16)(H2,13,17,18). The first-order valence-electron chi connectivity index (χ1n) is 5.44. The number of carbonyl (C=O) groups is 1. The van der Waals surface area contributed by atoms with Gasteiger partial charge in [0.1, 0.15) is 5.69 Å². The fraction of sp³-hybridized carbons (Fsp3) is 0.0909. The molecule has 106 valence electrons. The molecule has 0 bridgehead atoms. The van der Waals surface area contributed by atoms with E-state index < -0.39 is 15.9 Å². The van der Waals surface area contributed by atoms with E-state index in [0.29, 0.717) is 11.3 Å². The van der Waals surface area contributed by atoms with Gasteiger partial charge in [-0.25, -0.2) is 18.5 Å². The van der Waals surface area contributed by atoms with Gasteiger partial charge in [-0.1, -0.05) is 6.07 Å². The molecule has 20 heavy (non-hydrogen) atoms. The second-order valence-corrected chi connectivity index (χ2v) is 6.42. The van der Waals surface area contributed by atoms with E-state index in [-0.39, 0.29) is 15.7 Å². The second kappa shape index (κ2) is 5.19. The van der Waals surface area contributed by atoms with Crippen LogP contribution in [0.4, 0.5) is 10.8 Å². The first-order valence-corrected chi connectivity index (χ1v) is 7.86. The molecule has 0 aliphatic rings. The summed E-state index contributed by atoms with van der Waals surface area (Å²) in [6, 6.07) is 4.45. The Labute approximate surface area is 119 Å². The maximum atomic E-state index is 11.9. The van der Waals surface area contributed by atoms with Crippen molar-refractivity contribution < 1.29 is 13.2 Å². The molecule has 0 aliphatic carbocycles. The van der Waals surface area contributed by atoms with Gasteiger partial charge < -0.3 is 11.1 Å². The molecule has 0 fully saturated rings. The van der Waals surface area contributed by atoms with E-state index in [9.17, 15) is 13.2 Å².